The molecular formula is C12H9Cl2NO3S. The van der Waals surface area contributed by atoms with Gasteiger partial charge in [-0.15, -0.1) is 0 Å². The summed E-state index contributed by atoms with van der Waals surface area (Å²) in [5.41, 5.74) is 1.69. The third-order valence-electron chi connectivity index (χ3n) is 2.41. The number of nitrogens with zero attached hydrogens (tertiary/aromatic N) is 1. The maximum Gasteiger partial charge on any atom is 0.269 e. The first-order valence-electron chi connectivity index (χ1n) is 5.21. The fraction of sp³-hybridized carbons (Fsp3) is 0.0833. The van der Waals surface area contributed by atoms with E-state index in [2.05, 4.69) is 4.98 Å². The Balaban J connectivity index is 2.47. The molecule has 100 valence electrons. The fourth-order valence-corrected chi connectivity index (χ4v) is 2.67. The molecule has 0 saturated heterocycles. The minimum atomic E-state index is -4.16. The van der Waals surface area contributed by atoms with Crippen LogP contribution in [0, 0.1) is 0 Å². The Kier molecular flexibility index (Phi) is 4.10. The highest BCUT2D eigenvalue weighted by Gasteiger charge is 2.12. The Morgan fingerprint density at radius 1 is 1.16 bits per heavy atom. The highest BCUT2D eigenvalue weighted by atomic mass is 35.5. The summed E-state index contributed by atoms with van der Waals surface area (Å²) in [6.07, 6.45) is 1.52. The standard InChI is InChI=1S/C12H9Cl2NO3S/c13-11-3-1-2-8(5-11)9-4-10(7-19(16,17)18)12(14)15-6-9/h1-6H,7H2,(H,16,17,18). The molecule has 0 saturated carbocycles. The summed E-state index contributed by atoms with van der Waals surface area (Å²) in [5, 5.41) is 0.604. The second-order valence-electron chi connectivity index (χ2n) is 3.91. The van der Waals surface area contributed by atoms with Crippen molar-refractivity contribution in [2.75, 3.05) is 0 Å². The van der Waals surface area contributed by atoms with Crippen LogP contribution < -0.4 is 0 Å². The number of benzene rings is 1. The predicted octanol–water partition coefficient (Wildman–Crippen LogP) is 3.44. The van der Waals surface area contributed by atoms with Crippen LogP contribution in [0.25, 0.3) is 11.1 Å². The molecule has 1 aromatic carbocycles. The van der Waals surface area contributed by atoms with Crippen LogP contribution >= 0.6 is 23.2 Å². The lowest BCUT2D eigenvalue weighted by atomic mass is 10.1. The maximum atomic E-state index is 10.9. The molecule has 0 spiro atoms. The minimum absolute atomic E-state index is 0.0448. The lowest BCUT2D eigenvalue weighted by Crippen LogP contribution is -2.03. The summed E-state index contributed by atoms with van der Waals surface area (Å²) in [7, 11) is -4.16. The van der Waals surface area contributed by atoms with Crippen molar-refractivity contribution in [3.8, 4) is 11.1 Å². The molecule has 7 heteroatoms. The molecule has 0 aliphatic carbocycles. The molecule has 0 amide bonds. The molecule has 0 aliphatic heterocycles. The van der Waals surface area contributed by atoms with Crippen molar-refractivity contribution < 1.29 is 13.0 Å². The Morgan fingerprint density at radius 3 is 2.53 bits per heavy atom. The minimum Gasteiger partial charge on any atom is -0.285 e. The molecule has 0 fully saturated rings. The second kappa shape index (κ2) is 5.46. The number of hydrogen-bond donors (Lipinski definition) is 1. The van der Waals surface area contributed by atoms with E-state index in [1.165, 1.54) is 6.20 Å². The van der Waals surface area contributed by atoms with Gasteiger partial charge in [0.05, 0.1) is 0 Å². The summed E-state index contributed by atoms with van der Waals surface area (Å²) in [6.45, 7) is 0. The van der Waals surface area contributed by atoms with Gasteiger partial charge in [0.1, 0.15) is 10.9 Å². The molecule has 0 aliphatic rings. The van der Waals surface area contributed by atoms with Crippen molar-refractivity contribution in [3.63, 3.8) is 0 Å². The van der Waals surface area contributed by atoms with Crippen LogP contribution in [0.2, 0.25) is 10.2 Å². The van der Waals surface area contributed by atoms with Crippen LogP contribution in [0.5, 0.6) is 0 Å². The van der Waals surface area contributed by atoms with Crippen LogP contribution in [0.3, 0.4) is 0 Å². The third kappa shape index (κ3) is 3.91. The van der Waals surface area contributed by atoms with Crippen molar-refractivity contribution in [2.45, 2.75) is 5.75 Å². The van der Waals surface area contributed by atoms with Crippen molar-refractivity contribution >= 4 is 33.3 Å². The SMILES string of the molecule is O=S(=O)(O)Cc1cc(-c2cccc(Cl)c2)cnc1Cl. The highest BCUT2D eigenvalue weighted by molar-refractivity contribution is 7.85. The van der Waals surface area contributed by atoms with E-state index in [-0.39, 0.29) is 10.7 Å². The van der Waals surface area contributed by atoms with Gasteiger partial charge in [-0.25, -0.2) is 4.98 Å². The Morgan fingerprint density at radius 2 is 1.89 bits per heavy atom. The number of hydrogen-bond acceptors (Lipinski definition) is 3. The van der Waals surface area contributed by atoms with Crippen LogP contribution in [0.1, 0.15) is 5.56 Å². The van der Waals surface area contributed by atoms with Gasteiger partial charge in [0.2, 0.25) is 0 Å². The van der Waals surface area contributed by atoms with Crippen LogP contribution in [0.4, 0.5) is 0 Å². The second-order valence-corrected chi connectivity index (χ2v) is 6.16. The van der Waals surface area contributed by atoms with Gasteiger partial charge in [-0.3, -0.25) is 4.55 Å². The van der Waals surface area contributed by atoms with E-state index in [4.69, 9.17) is 27.8 Å². The van der Waals surface area contributed by atoms with E-state index in [9.17, 15) is 8.42 Å². The average Bonchev–Trinajstić information content (AvgIpc) is 2.30. The Hall–Kier alpha value is -1.14. The van der Waals surface area contributed by atoms with Crippen molar-refractivity contribution in [2.24, 2.45) is 0 Å². The average molecular weight is 318 g/mol. The van der Waals surface area contributed by atoms with Crippen molar-refractivity contribution in [1.82, 2.24) is 4.98 Å². The highest BCUT2D eigenvalue weighted by Crippen LogP contribution is 2.26. The summed E-state index contributed by atoms with van der Waals surface area (Å²) >= 11 is 11.7. The third-order valence-corrected chi connectivity index (χ3v) is 3.66. The van der Waals surface area contributed by atoms with Crippen LogP contribution in [-0.4, -0.2) is 18.0 Å². The van der Waals surface area contributed by atoms with Crippen LogP contribution in [0.15, 0.2) is 36.5 Å². The zero-order chi connectivity index (χ0) is 14.0. The lowest BCUT2D eigenvalue weighted by Gasteiger charge is -2.06. The van der Waals surface area contributed by atoms with E-state index < -0.39 is 15.9 Å². The summed E-state index contributed by atoms with van der Waals surface area (Å²) in [5.74, 6) is -0.576. The molecule has 19 heavy (non-hydrogen) atoms. The first kappa shape index (κ1) is 14.3. The number of halogens is 2. The topological polar surface area (TPSA) is 67.3 Å². The first-order chi connectivity index (χ1) is 8.85. The van der Waals surface area contributed by atoms with Crippen LogP contribution in [-0.2, 0) is 15.9 Å². The molecule has 2 aromatic rings. The zero-order valence-corrected chi connectivity index (χ0v) is 11.9. The molecule has 1 N–H and O–H groups in total. The number of aromatic nitrogens is 1. The van der Waals surface area contributed by atoms with Crippen molar-refractivity contribution in [3.05, 3.63) is 52.3 Å². The predicted molar refractivity (Wildman–Crippen MR) is 74.9 cm³/mol. The molecule has 1 aromatic heterocycles. The normalized spacial score (nSPS) is 11.5. The van der Waals surface area contributed by atoms with E-state index in [1.54, 1.807) is 24.3 Å². The van der Waals surface area contributed by atoms with E-state index in [0.717, 1.165) is 5.56 Å². The Labute approximate surface area is 120 Å². The monoisotopic (exact) mass is 317 g/mol. The maximum absolute atomic E-state index is 10.9. The molecule has 1 heterocycles. The summed E-state index contributed by atoms with van der Waals surface area (Å²) in [4.78, 5) is 3.92. The van der Waals surface area contributed by atoms with Gasteiger partial charge in [-0.05, 0) is 23.8 Å². The molecular weight excluding hydrogens is 309 g/mol. The molecule has 0 atom stereocenters. The van der Waals surface area contributed by atoms with E-state index >= 15 is 0 Å². The molecule has 2 rings (SSSR count). The molecule has 0 radical (unpaired) electrons. The largest absolute Gasteiger partial charge is 0.285 e. The van der Waals surface area contributed by atoms with E-state index in [1.807, 2.05) is 6.07 Å². The zero-order valence-electron chi connectivity index (χ0n) is 9.55. The van der Waals surface area contributed by atoms with Gasteiger partial charge in [0.15, 0.2) is 0 Å². The van der Waals surface area contributed by atoms with Gasteiger partial charge in [0.25, 0.3) is 10.1 Å². The van der Waals surface area contributed by atoms with Gasteiger partial charge in [-0.1, -0.05) is 35.3 Å². The molecule has 4 nitrogen and oxygen atoms in total. The summed E-state index contributed by atoms with van der Waals surface area (Å²) in [6, 6.07) is 8.61. The van der Waals surface area contributed by atoms with Gasteiger partial charge in [-0.2, -0.15) is 8.42 Å². The van der Waals surface area contributed by atoms with Gasteiger partial charge in [0, 0.05) is 22.3 Å². The number of rotatable bonds is 3. The summed E-state index contributed by atoms with van der Waals surface area (Å²) < 4.78 is 30.7. The molecule has 0 unspecified atom stereocenters. The lowest BCUT2D eigenvalue weighted by molar-refractivity contribution is 0.482. The van der Waals surface area contributed by atoms with Gasteiger partial charge < -0.3 is 0 Å². The Bertz CT molecular complexity index is 717. The molecule has 0 bridgehead atoms. The van der Waals surface area contributed by atoms with E-state index in [0.29, 0.717) is 10.6 Å². The van der Waals surface area contributed by atoms with Crippen molar-refractivity contribution in [1.29, 1.82) is 0 Å². The smallest absolute Gasteiger partial charge is 0.269 e. The first-order valence-corrected chi connectivity index (χ1v) is 7.57. The quantitative estimate of drug-likeness (QED) is 0.695. The fourth-order valence-electron chi connectivity index (χ4n) is 1.62. The number of pyridine rings is 1. The van der Waals surface area contributed by atoms with Gasteiger partial charge >= 0.3 is 0 Å².